The molecule has 0 aliphatic carbocycles. The lowest BCUT2D eigenvalue weighted by Gasteiger charge is -2.48. The third-order valence-electron chi connectivity index (χ3n) is 3.70. The number of esters is 1. The van der Waals surface area contributed by atoms with Crippen LogP contribution in [0, 0.1) is 0 Å². The molecule has 3 heterocycles. The summed E-state index contributed by atoms with van der Waals surface area (Å²) in [6.45, 7) is 5.12. The number of nitrogens with two attached hydrogens (primary N) is 1. The Balaban J connectivity index is 1.83. The molecule has 1 saturated heterocycles. The fourth-order valence-corrected chi connectivity index (χ4v) is 5.69. The Morgan fingerprint density at radius 2 is 2.04 bits per heavy atom. The van der Waals surface area contributed by atoms with Crippen LogP contribution in [0.25, 0.3) is 0 Å². The number of rotatable bonds is 4. The lowest BCUT2D eigenvalue weighted by molar-refractivity contribution is -0.158. The van der Waals surface area contributed by atoms with Crippen molar-refractivity contribution in [2.45, 2.75) is 48.3 Å². The molecule has 28 heavy (non-hydrogen) atoms. The first-order chi connectivity index (χ1) is 12.9. The molecule has 2 atom stereocenters. The fraction of sp³-hybridized carbons (Fsp3) is 0.600. The lowest BCUT2D eigenvalue weighted by Crippen LogP contribution is -2.68. The smallest absolute Gasteiger partial charge is 0.445 e. The number of halogens is 3. The number of fused-ring (bicyclic) bond motifs is 1. The van der Waals surface area contributed by atoms with Gasteiger partial charge < -0.3 is 10.5 Å². The van der Waals surface area contributed by atoms with Gasteiger partial charge in [-0.1, -0.05) is 23.1 Å². The summed E-state index contributed by atoms with van der Waals surface area (Å²) in [6, 6.07) is -0.686. The van der Waals surface area contributed by atoms with E-state index in [-0.39, 0.29) is 27.1 Å². The SMILES string of the molecule is CC(C)(C)OC(=O)C1=C(CSc2nnc(C(F)(F)F)s2)CS[C@H]2C(N)C(=O)N12. The third kappa shape index (κ3) is 4.31. The van der Waals surface area contributed by atoms with Crippen LogP contribution in [0.4, 0.5) is 13.2 Å². The average molecular weight is 455 g/mol. The van der Waals surface area contributed by atoms with Gasteiger partial charge in [0.25, 0.3) is 0 Å². The van der Waals surface area contributed by atoms with Crippen molar-refractivity contribution in [3.63, 3.8) is 0 Å². The molecule has 1 amide bonds. The van der Waals surface area contributed by atoms with Crippen LogP contribution in [-0.2, 0) is 20.5 Å². The number of hydrogen-bond donors (Lipinski definition) is 1. The van der Waals surface area contributed by atoms with Gasteiger partial charge >= 0.3 is 12.1 Å². The molecule has 1 aromatic rings. The van der Waals surface area contributed by atoms with E-state index in [4.69, 9.17) is 10.5 Å². The molecule has 1 unspecified atom stereocenters. The minimum Gasteiger partial charge on any atom is -0.455 e. The maximum absolute atomic E-state index is 12.7. The molecule has 2 aliphatic rings. The number of carbonyl (C=O) groups is 2. The third-order valence-corrected chi connectivity index (χ3v) is 7.25. The van der Waals surface area contributed by atoms with E-state index >= 15 is 0 Å². The number of amides is 1. The van der Waals surface area contributed by atoms with Gasteiger partial charge in [0.15, 0.2) is 4.34 Å². The van der Waals surface area contributed by atoms with Crippen molar-refractivity contribution in [2.75, 3.05) is 11.5 Å². The summed E-state index contributed by atoms with van der Waals surface area (Å²) in [5.41, 5.74) is 5.75. The second-order valence-electron chi connectivity index (χ2n) is 7.05. The number of carbonyl (C=O) groups excluding carboxylic acids is 2. The first-order valence-corrected chi connectivity index (χ1v) is 10.9. The minimum atomic E-state index is -4.55. The van der Waals surface area contributed by atoms with Gasteiger partial charge in [-0.05, 0) is 26.3 Å². The first kappa shape index (κ1) is 21.4. The Bertz CT molecular complexity index is 834. The highest BCUT2D eigenvalue weighted by atomic mass is 32.2. The van der Waals surface area contributed by atoms with E-state index in [0.29, 0.717) is 22.7 Å². The number of thioether (sulfide) groups is 2. The largest absolute Gasteiger partial charge is 0.455 e. The molecule has 0 saturated carbocycles. The van der Waals surface area contributed by atoms with Crippen LogP contribution in [-0.4, -0.2) is 55.5 Å². The summed E-state index contributed by atoms with van der Waals surface area (Å²) in [5.74, 6) is -0.438. The molecule has 0 bridgehead atoms. The van der Waals surface area contributed by atoms with Crippen molar-refractivity contribution in [1.82, 2.24) is 15.1 Å². The van der Waals surface area contributed by atoms with Crippen LogP contribution in [0.2, 0.25) is 0 Å². The van der Waals surface area contributed by atoms with E-state index < -0.39 is 28.8 Å². The van der Waals surface area contributed by atoms with Crippen LogP contribution in [0.3, 0.4) is 0 Å². The highest BCUT2D eigenvalue weighted by Gasteiger charge is 2.52. The Morgan fingerprint density at radius 3 is 2.61 bits per heavy atom. The Kier molecular flexibility index (Phi) is 5.73. The van der Waals surface area contributed by atoms with Gasteiger partial charge in [0, 0.05) is 11.5 Å². The predicted molar refractivity (Wildman–Crippen MR) is 99.6 cm³/mol. The van der Waals surface area contributed by atoms with Gasteiger partial charge in [-0.15, -0.1) is 22.0 Å². The van der Waals surface area contributed by atoms with E-state index in [2.05, 4.69) is 10.2 Å². The number of hydrogen-bond acceptors (Lipinski definition) is 9. The second kappa shape index (κ2) is 7.50. The first-order valence-electron chi connectivity index (χ1n) is 8.07. The lowest BCUT2D eigenvalue weighted by atomic mass is 10.0. The maximum atomic E-state index is 12.7. The maximum Gasteiger partial charge on any atom is 0.445 e. The van der Waals surface area contributed by atoms with Gasteiger partial charge in [-0.25, -0.2) is 4.79 Å². The molecule has 0 aromatic carbocycles. The molecule has 7 nitrogen and oxygen atoms in total. The summed E-state index contributed by atoms with van der Waals surface area (Å²) in [6.07, 6.45) is -4.55. The number of nitrogens with zero attached hydrogens (tertiary/aromatic N) is 3. The standard InChI is InChI=1S/C15H17F3N4O3S3/c1-14(2,3)25-11(24)8-6(4-26-10-7(19)9(23)22(8)10)5-27-13-21-20-12(28-13)15(16,17)18/h7,10H,4-5,19H2,1-3H3/t7?,10-/m0/s1. The van der Waals surface area contributed by atoms with Crippen molar-refractivity contribution >= 4 is 46.7 Å². The molecular formula is C15H17F3N4O3S3. The quantitative estimate of drug-likeness (QED) is 0.421. The van der Waals surface area contributed by atoms with E-state index in [1.807, 2.05) is 0 Å². The van der Waals surface area contributed by atoms with Crippen molar-refractivity contribution in [3.05, 3.63) is 16.3 Å². The zero-order chi connectivity index (χ0) is 20.9. The van der Waals surface area contributed by atoms with Crippen LogP contribution in [0.1, 0.15) is 25.8 Å². The molecule has 0 spiro atoms. The van der Waals surface area contributed by atoms with E-state index in [9.17, 15) is 22.8 Å². The van der Waals surface area contributed by atoms with Crippen molar-refractivity contribution in [1.29, 1.82) is 0 Å². The fourth-order valence-electron chi connectivity index (χ4n) is 2.54. The van der Waals surface area contributed by atoms with Crippen LogP contribution in [0.5, 0.6) is 0 Å². The van der Waals surface area contributed by atoms with Crippen molar-refractivity contribution < 1.29 is 27.5 Å². The molecule has 13 heteroatoms. The summed E-state index contributed by atoms with van der Waals surface area (Å²) in [4.78, 5) is 26.2. The summed E-state index contributed by atoms with van der Waals surface area (Å²) in [5, 5.41) is 5.30. The summed E-state index contributed by atoms with van der Waals surface area (Å²) < 4.78 is 43.6. The Hall–Kier alpha value is -1.31. The van der Waals surface area contributed by atoms with Gasteiger partial charge in [-0.3, -0.25) is 9.69 Å². The minimum absolute atomic E-state index is 0.124. The Morgan fingerprint density at radius 1 is 1.36 bits per heavy atom. The van der Waals surface area contributed by atoms with Gasteiger partial charge in [0.2, 0.25) is 10.9 Å². The molecule has 0 radical (unpaired) electrons. The van der Waals surface area contributed by atoms with Crippen LogP contribution >= 0.6 is 34.9 Å². The van der Waals surface area contributed by atoms with Crippen molar-refractivity contribution in [2.24, 2.45) is 5.73 Å². The molecule has 154 valence electrons. The van der Waals surface area contributed by atoms with E-state index in [1.54, 1.807) is 20.8 Å². The summed E-state index contributed by atoms with van der Waals surface area (Å²) >= 11 is 2.87. The Labute approximate surface area is 171 Å². The van der Waals surface area contributed by atoms with Gasteiger partial charge in [0.1, 0.15) is 22.7 Å². The number of ether oxygens (including phenoxy) is 1. The molecule has 2 N–H and O–H groups in total. The summed E-state index contributed by atoms with van der Waals surface area (Å²) in [7, 11) is 0. The van der Waals surface area contributed by atoms with E-state index in [0.717, 1.165) is 11.8 Å². The molecule has 1 aromatic heterocycles. The highest BCUT2D eigenvalue weighted by Crippen LogP contribution is 2.42. The molecular weight excluding hydrogens is 437 g/mol. The number of alkyl halides is 3. The number of β-lactam (4-membered cyclic amide) rings is 1. The second-order valence-corrected chi connectivity index (χ2v) is 10.4. The topological polar surface area (TPSA) is 98.4 Å². The predicted octanol–water partition coefficient (Wildman–Crippen LogP) is 2.49. The monoisotopic (exact) mass is 454 g/mol. The van der Waals surface area contributed by atoms with Crippen LogP contribution in [0.15, 0.2) is 15.6 Å². The van der Waals surface area contributed by atoms with Gasteiger partial charge in [-0.2, -0.15) is 13.2 Å². The number of aromatic nitrogens is 2. The zero-order valence-corrected chi connectivity index (χ0v) is 17.5. The molecule has 2 aliphatic heterocycles. The van der Waals surface area contributed by atoms with Crippen molar-refractivity contribution in [3.8, 4) is 0 Å². The normalized spacial score (nSPS) is 22.8. The average Bonchev–Trinajstić information content (AvgIpc) is 3.06. The molecule has 1 fully saturated rings. The molecule has 3 rings (SSSR count). The van der Waals surface area contributed by atoms with Gasteiger partial charge in [0.05, 0.1) is 0 Å². The van der Waals surface area contributed by atoms with E-state index in [1.165, 1.54) is 16.7 Å². The van der Waals surface area contributed by atoms with Crippen LogP contribution < -0.4 is 5.73 Å². The highest BCUT2D eigenvalue weighted by molar-refractivity contribution is 8.01. The zero-order valence-electron chi connectivity index (χ0n) is 15.1.